The highest BCUT2D eigenvalue weighted by molar-refractivity contribution is 7.87. The molecule has 0 radical (unpaired) electrons. The van der Waals surface area contributed by atoms with Crippen molar-refractivity contribution in [2.45, 2.75) is 63.9 Å². The van der Waals surface area contributed by atoms with E-state index in [-0.39, 0.29) is 22.6 Å². The Morgan fingerprint density at radius 1 is 1.10 bits per heavy atom. The molecule has 0 fully saturated rings. The highest BCUT2D eigenvalue weighted by atomic mass is 32.2. The summed E-state index contributed by atoms with van der Waals surface area (Å²) in [5.74, 6) is -0.295. The van der Waals surface area contributed by atoms with Crippen LogP contribution in [0.4, 0.5) is 4.39 Å². The van der Waals surface area contributed by atoms with E-state index in [2.05, 4.69) is 6.92 Å². The monoisotopic (exact) mass is 421 g/mol. The third-order valence-electron chi connectivity index (χ3n) is 4.50. The van der Waals surface area contributed by atoms with Gasteiger partial charge in [0.1, 0.15) is 16.5 Å². The largest absolute Gasteiger partial charge is 0.379 e. The van der Waals surface area contributed by atoms with Crippen LogP contribution in [0.2, 0.25) is 0 Å². The molecule has 0 unspecified atom stereocenters. The van der Waals surface area contributed by atoms with Gasteiger partial charge in [-0.1, -0.05) is 31.9 Å². The van der Waals surface area contributed by atoms with Gasteiger partial charge in [0.15, 0.2) is 0 Å². The molecule has 0 bridgehead atoms. The Labute approximate surface area is 172 Å². The van der Waals surface area contributed by atoms with Gasteiger partial charge in [-0.2, -0.15) is 8.42 Å². The Kier molecular flexibility index (Phi) is 8.20. The van der Waals surface area contributed by atoms with Crippen molar-refractivity contribution in [2.24, 2.45) is 0 Å². The Morgan fingerprint density at radius 3 is 2.41 bits per heavy atom. The Hall–Kier alpha value is -2.41. The zero-order valence-electron chi connectivity index (χ0n) is 17.1. The lowest BCUT2D eigenvalue weighted by Crippen LogP contribution is -2.36. The number of halogens is 1. The number of unbranched alkanes of at least 4 members (excludes halogenated alkanes) is 2. The Bertz CT molecular complexity index is 911. The first-order valence-corrected chi connectivity index (χ1v) is 11.2. The van der Waals surface area contributed by atoms with Crippen LogP contribution in [-0.2, 0) is 21.5 Å². The van der Waals surface area contributed by atoms with Crippen molar-refractivity contribution in [3.63, 3.8) is 0 Å². The highest BCUT2D eigenvalue weighted by Gasteiger charge is 2.19. The Balaban J connectivity index is 2.13. The van der Waals surface area contributed by atoms with Crippen LogP contribution in [0.25, 0.3) is 0 Å². The fraction of sp³-hybridized carbons (Fsp3) is 0.409. The van der Waals surface area contributed by atoms with Gasteiger partial charge < -0.3 is 9.08 Å². The number of amides is 1. The number of carbonyl (C=O) groups excluding carboxylic acids is 1. The van der Waals surface area contributed by atoms with Gasteiger partial charge in [0, 0.05) is 19.0 Å². The molecule has 0 saturated carbocycles. The minimum atomic E-state index is -4.07. The first-order chi connectivity index (χ1) is 13.7. The summed E-state index contributed by atoms with van der Waals surface area (Å²) in [4.78, 5) is 14.2. The topological polar surface area (TPSA) is 63.7 Å². The second-order valence-electron chi connectivity index (χ2n) is 7.21. The quantitative estimate of drug-likeness (QED) is 0.404. The molecule has 0 aliphatic carbocycles. The fourth-order valence-electron chi connectivity index (χ4n) is 2.90. The molecule has 7 heteroatoms. The van der Waals surface area contributed by atoms with E-state index in [0.29, 0.717) is 13.0 Å². The summed E-state index contributed by atoms with van der Waals surface area (Å²) in [6.45, 7) is 6.38. The van der Waals surface area contributed by atoms with Gasteiger partial charge in [-0.25, -0.2) is 4.39 Å². The van der Waals surface area contributed by atoms with E-state index in [1.54, 1.807) is 17.0 Å². The summed E-state index contributed by atoms with van der Waals surface area (Å²) < 4.78 is 43.0. The van der Waals surface area contributed by atoms with Gasteiger partial charge >= 0.3 is 10.1 Å². The molecule has 0 saturated heterocycles. The lowest BCUT2D eigenvalue weighted by atomic mass is 10.1. The second kappa shape index (κ2) is 10.4. The van der Waals surface area contributed by atoms with Gasteiger partial charge in [0.2, 0.25) is 5.91 Å². The molecule has 158 valence electrons. The maximum atomic E-state index is 13.0. The van der Waals surface area contributed by atoms with E-state index in [1.807, 2.05) is 19.9 Å². The second-order valence-corrected chi connectivity index (χ2v) is 8.76. The van der Waals surface area contributed by atoms with Crippen molar-refractivity contribution >= 4 is 16.0 Å². The summed E-state index contributed by atoms with van der Waals surface area (Å²) in [7, 11) is -4.07. The molecule has 5 nitrogen and oxygen atoms in total. The number of nitrogens with zero attached hydrogens (tertiary/aromatic N) is 1. The van der Waals surface area contributed by atoms with Crippen LogP contribution < -0.4 is 4.18 Å². The van der Waals surface area contributed by atoms with Crippen LogP contribution in [0.3, 0.4) is 0 Å². The lowest BCUT2D eigenvalue weighted by molar-refractivity contribution is -0.133. The van der Waals surface area contributed by atoms with Crippen molar-refractivity contribution in [1.29, 1.82) is 0 Å². The minimum absolute atomic E-state index is 0.0247. The lowest BCUT2D eigenvalue weighted by Gasteiger charge is -2.27. The summed E-state index contributed by atoms with van der Waals surface area (Å²) in [6, 6.07) is 11.1. The van der Waals surface area contributed by atoms with Gasteiger partial charge in [-0.15, -0.1) is 0 Å². The summed E-state index contributed by atoms with van der Waals surface area (Å²) in [5, 5.41) is 0. The molecule has 0 atom stereocenters. The molecular formula is C22H28FNO4S. The van der Waals surface area contributed by atoms with Crippen molar-refractivity contribution in [3.8, 4) is 5.75 Å². The molecule has 0 aliphatic rings. The number of rotatable bonds is 10. The van der Waals surface area contributed by atoms with E-state index in [9.17, 15) is 17.6 Å². The first kappa shape index (κ1) is 22.9. The zero-order chi connectivity index (χ0) is 21.4. The normalized spacial score (nSPS) is 11.5. The number of hydrogen-bond acceptors (Lipinski definition) is 4. The Morgan fingerprint density at radius 2 is 1.79 bits per heavy atom. The van der Waals surface area contributed by atoms with E-state index >= 15 is 0 Å². The summed E-state index contributed by atoms with van der Waals surface area (Å²) >= 11 is 0. The average Bonchev–Trinajstić information content (AvgIpc) is 2.66. The molecule has 29 heavy (non-hydrogen) atoms. The predicted octanol–water partition coefficient (Wildman–Crippen LogP) is 4.91. The molecule has 0 heterocycles. The SMILES string of the molecule is CCCCCC(=O)N(Cc1cccc(OS(=O)(=O)c2ccc(F)cc2)c1)C(C)C. The molecule has 2 aromatic rings. The van der Waals surface area contributed by atoms with E-state index < -0.39 is 15.9 Å². The first-order valence-electron chi connectivity index (χ1n) is 9.81. The average molecular weight is 422 g/mol. The number of carbonyl (C=O) groups is 1. The molecule has 0 N–H and O–H groups in total. The van der Waals surface area contributed by atoms with Crippen molar-refractivity contribution in [3.05, 3.63) is 59.9 Å². The van der Waals surface area contributed by atoms with Crippen LogP contribution in [0.1, 0.15) is 52.0 Å². The molecule has 1 amide bonds. The van der Waals surface area contributed by atoms with Crippen molar-refractivity contribution in [1.82, 2.24) is 4.90 Å². The molecule has 0 spiro atoms. The number of benzene rings is 2. The van der Waals surface area contributed by atoms with Crippen LogP contribution in [-0.4, -0.2) is 25.3 Å². The standard InChI is InChI=1S/C22H28FNO4S/c1-4-5-6-10-22(25)24(17(2)3)16-18-8-7-9-20(15-18)28-29(26,27)21-13-11-19(23)12-14-21/h7-9,11-15,17H,4-6,10,16H2,1-3H3. The maximum Gasteiger partial charge on any atom is 0.339 e. The number of hydrogen-bond donors (Lipinski definition) is 0. The van der Waals surface area contributed by atoms with Crippen molar-refractivity contribution in [2.75, 3.05) is 0 Å². The van der Waals surface area contributed by atoms with E-state index in [0.717, 1.165) is 49.1 Å². The molecule has 2 rings (SSSR count). The molecule has 0 aliphatic heterocycles. The molecule has 2 aromatic carbocycles. The van der Waals surface area contributed by atoms with Gasteiger partial charge in [0.05, 0.1) is 0 Å². The van der Waals surface area contributed by atoms with Gasteiger partial charge in [-0.05, 0) is 62.2 Å². The molecular weight excluding hydrogens is 393 g/mol. The zero-order valence-corrected chi connectivity index (χ0v) is 17.9. The van der Waals surface area contributed by atoms with Crippen molar-refractivity contribution < 1.29 is 21.8 Å². The maximum absolute atomic E-state index is 13.0. The molecule has 0 aromatic heterocycles. The summed E-state index contributed by atoms with van der Waals surface area (Å²) in [5.41, 5.74) is 0.773. The van der Waals surface area contributed by atoms with Crippen LogP contribution >= 0.6 is 0 Å². The summed E-state index contributed by atoms with van der Waals surface area (Å²) in [6.07, 6.45) is 3.43. The fourth-order valence-corrected chi connectivity index (χ4v) is 3.82. The minimum Gasteiger partial charge on any atom is -0.379 e. The smallest absolute Gasteiger partial charge is 0.339 e. The van der Waals surface area contributed by atoms with E-state index in [4.69, 9.17) is 4.18 Å². The van der Waals surface area contributed by atoms with Crippen LogP contribution in [0, 0.1) is 5.82 Å². The van der Waals surface area contributed by atoms with Crippen LogP contribution in [0.5, 0.6) is 5.75 Å². The van der Waals surface area contributed by atoms with E-state index in [1.165, 1.54) is 6.07 Å². The van der Waals surface area contributed by atoms with Crippen LogP contribution in [0.15, 0.2) is 53.4 Å². The highest BCUT2D eigenvalue weighted by Crippen LogP contribution is 2.22. The van der Waals surface area contributed by atoms with Gasteiger partial charge in [-0.3, -0.25) is 4.79 Å². The van der Waals surface area contributed by atoms with Gasteiger partial charge in [0.25, 0.3) is 0 Å². The predicted molar refractivity (Wildman–Crippen MR) is 110 cm³/mol. The third-order valence-corrected chi connectivity index (χ3v) is 5.76. The third kappa shape index (κ3) is 6.85.